The maximum atomic E-state index is 2.35. The van der Waals surface area contributed by atoms with Crippen molar-refractivity contribution in [1.29, 1.82) is 0 Å². The van der Waals surface area contributed by atoms with Gasteiger partial charge in [-0.2, -0.15) is 0 Å². The molecule has 1 heterocycles. The Morgan fingerprint density at radius 3 is 1.54 bits per heavy atom. The number of aromatic nitrogens is 1. The van der Waals surface area contributed by atoms with Crippen LogP contribution in [0.25, 0.3) is 10.9 Å². The summed E-state index contributed by atoms with van der Waals surface area (Å²) >= 11 is 0. The molecule has 0 saturated carbocycles. The molecule has 1 nitrogen and oxygen atoms in total. The van der Waals surface area contributed by atoms with E-state index in [4.69, 9.17) is 0 Å². The van der Waals surface area contributed by atoms with Crippen LogP contribution in [0.1, 0.15) is 61.2 Å². The van der Waals surface area contributed by atoms with Gasteiger partial charge >= 0.3 is 0 Å². The zero-order chi connectivity index (χ0) is 19.5. The first kappa shape index (κ1) is 18.8. The summed E-state index contributed by atoms with van der Waals surface area (Å²) in [7, 11) is 2.19. The molecule has 0 bridgehead atoms. The van der Waals surface area contributed by atoms with Gasteiger partial charge in [0, 0.05) is 25.1 Å². The predicted molar refractivity (Wildman–Crippen MR) is 115 cm³/mol. The number of rotatable bonds is 2. The largest absolute Gasteiger partial charge is 0.350 e. The van der Waals surface area contributed by atoms with E-state index in [0.29, 0.717) is 0 Å². The minimum atomic E-state index is 1.01. The molecule has 0 amide bonds. The Morgan fingerprint density at radius 1 is 0.577 bits per heavy atom. The van der Waals surface area contributed by atoms with E-state index in [1.54, 1.807) is 0 Å². The van der Waals surface area contributed by atoms with Gasteiger partial charge in [-0.25, -0.2) is 0 Å². The van der Waals surface area contributed by atoms with Gasteiger partial charge in [0.05, 0.1) is 5.52 Å². The normalized spacial score (nSPS) is 11.6. The number of fused-ring (bicyclic) bond motifs is 1. The van der Waals surface area contributed by atoms with Crippen molar-refractivity contribution in [2.24, 2.45) is 7.05 Å². The summed E-state index contributed by atoms with van der Waals surface area (Å²) in [4.78, 5) is 0. The second-order valence-electron chi connectivity index (χ2n) is 8.27. The van der Waals surface area contributed by atoms with Gasteiger partial charge in [-0.05, 0) is 124 Å². The van der Waals surface area contributed by atoms with E-state index in [0.717, 1.165) is 6.42 Å². The molecular weight excluding hydrogens is 314 g/mol. The van der Waals surface area contributed by atoms with Crippen LogP contribution in [0.4, 0.5) is 0 Å². The molecule has 0 atom stereocenters. The molecule has 0 aliphatic heterocycles. The first-order valence-electron chi connectivity index (χ1n) is 9.67. The fraction of sp³-hybridized carbons (Fsp3) is 0.440. The third-order valence-electron chi connectivity index (χ3n) is 7.20. The van der Waals surface area contributed by atoms with Crippen molar-refractivity contribution in [3.63, 3.8) is 0 Å². The van der Waals surface area contributed by atoms with E-state index in [1.165, 1.54) is 72.1 Å². The summed E-state index contributed by atoms with van der Waals surface area (Å²) in [5.74, 6) is 0. The Balaban J connectivity index is 2.30. The van der Waals surface area contributed by atoms with Crippen molar-refractivity contribution >= 4 is 10.9 Å². The van der Waals surface area contributed by atoms with Crippen molar-refractivity contribution in [3.05, 3.63) is 67.4 Å². The van der Waals surface area contributed by atoms with Gasteiger partial charge in [-0.1, -0.05) is 0 Å². The van der Waals surface area contributed by atoms with Crippen LogP contribution in [0.15, 0.2) is 6.20 Å². The standard InChI is InChI=1S/C25H33N/c1-13-14(2)18(6)23(19(7)15(13)3)11-22-12-26(10)25-21(9)17(5)16(4)20(8)24(22)25/h12H,11H2,1-10H3. The molecule has 0 saturated heterocycles. The van der Waals surface area contributed by atoms with E-state index < -0.39 is 0 Å². The Morgan fingerprint density at radius 2 is 1.00 bits per heavy atom. The van der Waals surface area contributed by atoms with Crippen molar-refractivity contribution in [2.75, 3.05) is 0 Å². The van der Waals surface area contributed by atoms with Crippen LogP contribution in [-0.4, -0.2) is 4.57 Å². The van der Waals surface area contributed by atoms with Crippen LogP contribution >= 0.6 is 0 Å². The molecule has 2 aromatic carbocycles. The Bertz CT molecular complexity index is 1020. The number of hydrogen-bond acceptors (Lipinski definition) is 0. The lowest BCUT2D eigenvalue weighted by Crippen LogP contribution is -2.04. The van der Waals surface area contributed by atoms with Crippen LogP contribution in [0.5, 0.6) is 0 Å². The van der Waals surface area contributed by atoms with E-state index in [-0.39, 0.29) is 0 Å². The SMILES string of the molecule is Cc1c(C)c(C)c(Cc2cn(C)c3c(C)c(C)c(C)c(C)c23)c(C)c1C. The minimum Gasteiger partial charge on any atom is -0.350 e. The van der Waals surface area contributed by atoms with Crippen LogP contribution in [0.3, 0.4) is 0 Å². The third-order valence-corrected chi connectivity index (χ3v) is 7.20. The van der Waals surface area contributed by atoms with Crippen molar-refractivity contribution in [1.82, 2.24) is 4.57 Å². The molecule has 0 radical (unpaired) electrons. The fourth-order valence-corrected chi connectivity index (χ4v) is 4.66. The lowest BCUT2D eigenvalue weighted by molar-refractivity contribution is 0.949. The molecule has 0 unspecified atom stereocenters. The molecule has 26 heavy (non-hydrogen) atoms. The summed E-state index contributed by atoms with van der Waals surface area (Å²) in [6, 6.07) is 0. The van der Waals surface area contributed by atoms with Crippen LogP contribution in [-0.2, 0) is 13.5 Å². The molecule has 3 aromatic rings. The maximum Gasteiger partial charge on any atom is 0.0515 e. The summed E-state index contributed by atoms with van der Waals surface area (Å²) in [6.45, 7) is 20.5. The van der Waals surface area contributed by atoms with Crippen molar-refractivity contribution < 1.29 is 0 Å². The van der Waals surface area contributed by atoms with Gasteiger partial charge in [0.2, 0.25) is 0 Å². The first-order valence-corrected chi connectivity index (χ1v) is 9.67. The summed E-state index contributed by atoms with van der Waals surface area (Å²) in [5.41, 5.74) is 17.3. The van der Waals surface area contributed by atoms with Crippen molar-refractivity contribution in [2.45, 2.75) is 68.7 Å². The molecular formula is C25H33N. The molecule has 0 aliphatic rings. The fourth-order valence-electron chi connectivity index (χ4n) is 4.66. The average Bonchev–Trinajstić information content (AvgIpc) is 2.94. The highest BCUT2D eigenvalue weighted by Crippen LogP contribution is 2.35. The van der Waals surface area contributed by atoms with Gasteiger partial charge in [0.25, 0.3) is 0 Å². The monoisotopic (exact) mass is 347 g/mol. The number of benzene rings is 2. The molecule has 0 aliphatic carbocycles. The van der Waals surface area contributed by atoms with Gasteiger partial charge in [-0.15, -0.1) is 0 Å². The average molecular weight is 348 g/mol. The van der Waals surface area contributed by atoms with Crippen LogP contribution in [0.2, 0.25) is 0 Å². The number of hydrogen-bond donors (Lipinski definition) is 0. The summed E-state index contributed by atoms with van der Waals surface area (Å²) in [5, 5.41) is 1.46. The van der Waals surface area contributed by atoms with E-state index in [9.17, 15) is 0 Å². The molecule has 138 valence electrons. The third kappa shape index (κ3) is 2.52. The minimum absolute atomic E-state index is 1.01. The second-order valence-corrected chi connectivity index (χ2v) is 8.27. The summed E-state index contributed by atoms with van der Waals surface area (Å²) < 4.78 is 2.33. The highest BCUT2D eigenvalue weighted by atomic mass is 14.9. The second kappa shape index (κ2) is 6.30. The quantitative estimate of drug-likeness (QED) is 0.495. The topological polar surface area (TPSA) is 4.93 Å². The number of nitrogens with zero attached hydrogens (tertiary/aromatic N) is 1. The smallest absolute Gasteiger partial charge is 0.0515 e. The molecule has 1 aromatic heterocycles. The molecule has 3 rings (SSSR count). The van der Waals surface area contributed by atoms with Crippen LogP contribution in [0, 0.1) is 62.3 Å². The van der Waals surface area contributed by atoms with Crippen LogP contribution < -0.4 is 0 Å². The Hall–Kier alpha value is -2.02. The van der Waals surface area contributed by atoms with E-state index in [1.807, 2.05) is 0 Å². The predicted octanol–water partition coefficient (Wildman–Crippen LogP) is 6.54. The van der Waals surface area contributed by atoms with Gasteiger partial charge in [0.15, 0.2) is 0 Å². The highest BCUT2D eigenvalue weighted by molar-refractivity contribution is 5.92. The Labute approximate surface area is 159 Å². The van der Waals surface area contributed by atoms with Gasteiger partial charge in [0.1, 0.15) is 0 Å². The van der Waals surface area contributed by atoms with Gasteiger partial charge in [-0.3, -0.25) is 0 Å². The highest BCUT2D eigenvalue weighted by Gasteiger charge is 2.19. The molecule has 0 N–H and O–H groups in total. The Kier molecular flexibility index (Phi) is 4.55. The lowest BCUT2D eigenvalue weighted by atomic mass is 9.86. The zero-order valence-corrected chi connectivity index (χ0v) is 18.2. The van der Waals surface area contributed by atoms with E-state index in [2.05, 4.69) is 80.1 Å². The first-order chi connectivity index (χ1) is 12.1. The summed E-state index contributed by atoms with van der Waals surface area (Å²) in [6.07, 6.45) is 3.37. The zero-order valence-electron chi connectivity index (χ0n) is 18.2. The lowest BCUT2D eigenvalue weighted by Gasteiger charge is -2.19. The number of aryl methyl sites for hydroxylation is 3. The van der Waals surface area contributed by atoms with E-state index >= 15 is 0 Å². The van der Waals surface area contributed by atoms with Crippen molar-refractivity contribution in [3.8, 4) is 0 Å². The maximum absolute atomic E-state index is 2.35. The van der Waals surface area contributed by atoms with Gasteiger partial charge < -0.3 is 4.57 Å². The molecule has 0 fully saturated rings. The molecule has 0 spiro atoms. The molecule has 1 heteroatoms.